The van der Waals surface area contributed by atoms with Crippen LogP contribution in [0, 0.1) is 10.1 Å². The van der Waals surface area contributed by atoms with Gasteiger partial charge in [-0.2, -0.15) is 0 Å². The molecule has 8 heteroatoms. The van der Waals surface area contributed by atoms with Gasteiger partial charge >= 0.3 is 0 Å². The number of nitrogens with zero attached hydrogens (tertiary/aromatic N) is 5. The fraction of sp³-hybridized carbons (Fsp3) is 0. The lowest BCUT2D eigenvalue weighted by molar-refractivity contribution is -0.384. The zero-order valence-corrected chi connectivity index (χ0v) is 16.4. The van der Waals surface area contributed by atoms with Gasteiger partial charge in [0.15, 0.2) is 11.5 Å². The molecule has 29 heavy (non-hydrogen) atoms. The van der Waals surface area contributed by atoms with Crippen molar-refractivity contribution >= 4 is 38.3 Å². The third-order valence-corrected chi connectivity index (χ3v) is 5.25. The first-order valence-corrected chi connectivity index (χ1v) is 9.55. The lowest BCUT2D eigenvalue weighted by atomic mass is 10.1. The normalized spacial score (nSPS) is 11.2. The molecular formula is C21H12BrN5O2. The van der Waals surface area contributed by atoms with Crippen LogP contribution in [-0.2, 0) is 0 Å². The van der Waals surface area contributed by atoms with Crippen LogP contribution in [-0.4, -0.2) is 24.5 Å². The van der Waals surface area contributed by atoms with Crippen LogP contribution in [0.5, 0.6) is 0 Å². The Bertz CT molecular complexity index is 1380. The molecule has 0 atom stereocenters. The minimum absolute atomic E-state index is 0.0288. The van der Waals surface area contributed by atoms with E-state index in [4.69, 9.17) is 0 Å². The molecule has 5 aromatic rings. The Kier molecular flexibility index (Phi) is 4.06. The molecule has 0 saturated heterocycles. The molecule has 0 aliphatic heterocycles. The van der Waals surface area contributed by atoms with Crippen LogP contribution in [0.2, 0.25) is 0 Å². The van der Waals surface area contributed by atoms with Crippen molar-refractivity contribution in [1.82, 2.24) is 19.6 Å². The van der Waals surface area contributed by atoms with Gasteiger partial charge in [-0.3, -0.25) is 14.5 Å². The molecule has 0 saturated carbocycles. The maximum atomic E-state index is 11.0. The Labute approximate surface area is 172 Å². The van der Waals surface area contributed by atoms with Gasteiger partial charge in [0.25, 0.3) is 5.69 Å². The standard InChI is InChI=1S/C21H12BrN5O2/c22-16-7-3-13(4-8-16)18-12-15-2-1-11-23-19(15)26-20(24-25-21(18)26)14-5-9-17(10-6-14)27(28)29/h1-12H. The van der Waals surface area contributed by atoms with Crippen molar-refractivity contribution in [2.45, 2.75) is 0 Å². The number of rotatable bonds is 3. The summed E-state index contributed by atoms with van der Waals surface area (Å²) in [5, 5.41) is 20.7. The van der Waals surface area contributed by atoms with Crippen LogP contribution in [0.3, 0.4) is 0 Å². The number of benzene rings is 2. The number of non-ortho nitro benzene ring substituents is 1. The van der Waals surface area contributed by atoms with E-state index in [1.807, 2.05) is 40.8 Å². The number of fused-ring (bicyclic) bond motifs is 3. The van der Waals surface area contributed by atoms with E-state index in [0.29, 0.717) is 11.5 Å². The molecule has 0 unspecified atom stereocenters. The Balaban J connectivity index is 1.81. The van der Waals surface area contributed by atoms with Gasteiger partial charge in [-0.25, -0.2) is 4.98 Å². The second-order valence-corrected chi connectivity index (χ2v) is 7.38. The van der Waals surface area contributed by atoms with Crippen LogP contribution in [0.1, 0.15) is 0 Å². The van der Waals surface area contributed by atoms with Gasteiger partial charge in [-0.15, -0.1) is 10.2 Å². The highest BCUT2D eigenvalue weighted by atomic mass is 79.9. The predicted octanol–water partition coefficient (Wildman–Crippen LogP) is 5.28. The summed E-state index contributed by atoms with van der Waals surface area (Å²) < 4.78 is 2.89. The second kappa shape index (κ2) is 6.75. The number of nitro groups is 1. The predicted molar refractivity (Wildman–Crippen MR) is 114 cm³/mol. The second-order valence-electron chi connectivity index (χ2n) is 6.47. The quantitative estimate of drug-likeness (QED) is 0.278. The number of aromatic nitrogens is 4. The average Bonchev–Trinajstić information content (AvgIpc) is 3.19. The molecule has 0 radical (unpaired) electrons. The first-order valence-electron chi connectivity index (χ1n) is 8.75. The highest BCUT2D eigenvalue weighted by molar-refractivity contribution is 9.10. The van der Waals surface area contributed by atoms with E-state index in [1.54, 1.807) is 18.3 Å². The van der Waals surface area contributed by atoms with Crippen molar-refractivity contribution in [2.24, 2.45) is 0 Å². The number of nitro benzene ring substituents is 1. The summed E-state index contributed by atoms with van der Waals surface area (Å²) in [6.45, 7) is 0. The summed E-state index contributed by atoms with van der Waals surface area (Å²) in [5.74, 6) is 0.581. The number of halogens is 1. The first-order chi connectivity index (χ1) is 14.1. The van der Waals surface area contributed by atoms with E-state index in [0.717, 1.165) is 32.2 Å². The molecule has 0 aliphatic rings. The molecular weight excluding hydrogens is 434 g/mol. The van der Waals surface area contributed by atoms with Crippen molar-refractivity contribution in [1.29, 1.82) is 0 Å². The van der Waals surface area contributed by atoms with Gasteiger partial charge < -0.3 is 0 Å². The summed E-state index contributed by atoms with van der Waals surface area (Å²) in [5.41, 5.74) is 4.09. The molecule has 0 fully saturated rings. The third kappa shape index (κ3) is 2.94. The van der Waals surface area contributed by atoms with Crippen LogP contribution in [0.25, 0.3) is 39.2 Å². The molecule has 2 aromatic carbocycles. The van der Waals surface area contributed by atoms with Crippen LogP contribution >= 0.6 is 15.9 Å². The molecule has 3 heterocycles. The smallest absolute Gasteiger partial charge is 0.258 e. The maximum absolute atomic E-state index is 11.0. The number of hydrogen-bond acceptors (Lipinski definition) is 5. The van der Waals surface area contributed by atoms with Crippen molar-refractivity contribution in [3.05, 3.63) is 87.5 Å². The van der Waals surface area contributed by atoms with Crippen LogP contribution in [0.15, 0.2) is 77.4 Å². The van der Waals surface area contributed by atoms with Gasteiger partial charge in [-0.1, -0.05) is 28.1 Å². The number of pyridine rings is 2. The Morgan fingerprint density at radius 1 is 0.897 bits per heavy atom. The fourth-order valence-electron chi connectivity index (χ4n) is 3.35. The minimum atomic E-state index is -0.422. The molecule has 0 spiro atoms. The molecule has 140 valence electrons. The zero-order chi connectivity index (χ0) is 20.0. The van der Waals surface area contributed by atoms with Crippen molar-refractivity contribution in [3.8, 4) is 22.5 Å². The Morgan fingerprint density at radius 3 is 2.34 bits per heavy atom. The van der Waals surface area contributed by atoms with Gasteiger partial charge in [0.05, 0.1) is 4.92 Å². The Hall–Kier alpha value is -3.65. The van der Waals surface area contributed by atoms with E-state index >= 15 is 0 Å². The summed E-state index contributed by atoms with van der Waals surface area (Å²) >= 11 is 3.47. The van der Waals surface area contributed by atoms with Crippen molar-refractivity contribution in [2.75, 3.05) is 0 Å². The van der Waals surface area contributed by atoms with E-state index in [9.17, 15) is 10.1 Å². The topological polar surface area (TPSA) is 86.2 Å². The molecule has 0 bridgehead atoms. The largest absolute Gasteiger partial charge is 0.269 e. The average molecular weight is 446 g/mol. The van der Waals surface area contributed by atoms with Crippen LogP contribution < -0.4 is 0 Å². The van der Waals surface area contributed by atoms with Crippen molar-refractivity contribution in [3.63, 3.8) is 0 Å². The lowest BCUT2D eigenvalue weighted by Crippen LogP contribution is -1.97. The lowest BCUT2D eigenvalue weighted by Gasteiger charge is -2.09. The van der Waals surface area contributed by atoms with Gasteiger partial charge in [0.1, 0.15) is 5.65 Å². The molecule has 0 amide bonds. The molecule has 0 N–H and O–H groups in total. The molecule has 5 rings (SSSR count). The summed E-state index contributed by atoms with van der Waals surface area (Å²) in [4.78, 5) is 15.1. The fourth-order valence-corrected chi connectivity index (χ4v) is 3.61. The minimum Gasteiger partial charge on any atom is -0.258 e. The highest BCUT2D eigenvalue weighted by Crippen LogP contribution is 2.32. The highest BCUT2D eigenvalue weighted by Gasteiger charge is 2.17. The van der Waals surface area contributed by atoms with Gasteiger partial charge in [0, 0.05) is 39.3 Å². The Morgan fingerprint density at radius 2 is 1.62 bits per heavy atom. The van der Waals surface area contributed by atoms with Crippen LogP contribution in [0.4, 0.5) is 5.69 Å². The number of hydrogen-bond donors (Lipinski definition) is 0. The first kappa shape index (κ1) is 17.4. The van der Waals surface area contributed by atoms with E-state index in [2.05, 4.69) is 37.2 Å². The van der Waals surface area contributed by atoms with Gasteiger partial charge in [0.2, 0.25) is 0 Å². The van der Waals surface area contributed by atoms with E-state index in [-0.39, 0.29) is 5.69 Å². The van der Waals surface area contributed by atoms with Gasteiger partial charge in [-0.05, 0) is 48.0 Å². The molecule has 0 aliphatic carbocycles. The van der Waals surface area contributed by atoms with E-state index in [1.165, 1.54) is 12.1 Å². The summed E-state index contributed by atoms with van der Waals surface area (Å²) in [6, 6.07) is 20.2. The summed E-state index contributed by atoms with van der Waals surface area (Å²) in [6.07, 6.45) is 1.72. The zero-order valence-electron chi connectivity index (χ0n) is 14.9. The van der Waals surface area contributed by atoms with E-state index < -0.39 is 4.92 Å². The van der Waals surface area contributed by atoms with Crippen molar-refractivity contribution < 1.29 is 4.92 Å². The molecule has 3 aromatic heterocycles. The SMILES string of the molecule is O=[N+]([O-])c1ccc(-c2nnc3c(-c4ccc(Br)cc4)cc4cccnc4n23)cc1. The monoisotopic (exact) mass is 445 g/mol. The summed E-state index contributed by atoms with van der Waals surface area (Å²) in [7, 11) is 0. The maximum Gasteiger partial charge on any atom is 0.269 e. The molecule has 7 nitrogen and oxygen atoms in total. The third-order valence-electron chi connectivity index (χ3n) is 4.72.